The lowest BCUT2D eigenvalue weighted by atomic mass is 10.3. The van der Waals surface area contributed by atoms with E-state index in [-0.39, 0.29) is 32.8 Å². The SMILES string of the molecule is Cc1cc(C)nc(NS(=O)(=O)c2ccc(NC(=O)CN(c3ccc([N+](=O)[O-])cc3)S(=O)(=O)c3ccccc3)cc2)n1. The monoisotopic (exact) mass is 596 g/mol. The van der Waals surface area contributed by atoms with Gasteiger partial charge >= 0.3 is 0 Å². The van der Waals surface area contributed by atoms with Crippen molar-refractivity contribution in [1.82, 2.24) is 9.97 Å². The number of hydrogen-bond acceptors (Lipinski definition) is 9. The minimum atomic E-state index is -4.23. The van der Waals surface area contributed by atoms with Crippen molar-refractivity contribution in [1.29, 1.82) is 0 Å². The van der Waals surface area contributed by atoms with E-state index in [9.17, 15) is 31.7 Å². The molecule has 0 aliphatic rings. The fourth-order valence-electron chi connectivity index (χ4n) is 3.77. The maximum absolute atomic E-state index is 13.4. The van der Waals surface area contributed by atoms with E-state index in [0.29, 0.717) is 11.4 Å². The Morgan fingerprint density at radius 1 is 0.854 bits per heavy atom. The molecule has 3 aromatic carbocycles. The number of nitro benzene ring substituents is 1. The molecule has 0 aliphatic carbocycles. The molecule has 2 N–H and O–H groups in total. The zero-order valence-corrected chi connectivity index (χ0v) is 23.4. The zero-order valence-electron chi connectivity index (χ0n) is 21.8. The minimum Gasteiger partial charge on any atom is -0.325 e. The number of nitro groups is 1. The third kappa shape index (κ3) is 7.01. The molecule has 13 nitrogen and oxygen atoms in total. The van der Waals surface area contributed by atoms with Gasteiger partial charge in [-0.25, -0.2) is 31.5 Å². The Bertz CT molecular complexity index is 1780. The highest BCUT2D eigenvalue weighted by molar-refractivity contribution is 7.93. The van der Waals surface area contributed by atoms with Crippen molar-refractivity contribution in [3.8, 4) is 0 Å². The van der Waals surface area contributed by atoms with E-state index in [4.69, 9.17) is 0 Å². The molecule has 0 spiro atoms. The maximum atomic E-state index is 13.4. The third-order valence-electron chi connectivity index (χ3n) is 5.62. The number of nitrogens with zero attached hydrogens (tertiary/aromatic N) is 4. The number of anilines is 3. The normalized spacial score (nSPS) is 11.5. The quantitative estimate of drug-likeness (QED) is 0.204. The number of nitrogens with one attached hydrogen (secondary N) is 2. The lowest BCUT2D eigenvalue weighted by Crippen LogP contribution is -2.38. The van der Waals surface area contributed by atoms with E-state index in [0.717, 1.165) is 16.4 Å². The van der Waals surface area contributed by atoms with Crippen LogP contribution in [0.2, 0.25) is 0 Å². The second kappa shape index (κ2) is 11.7. The molecule has 0 aliphatic heterocycles. The van der Waals surface area contributed by atoms with E-state index < -0.39 is 37.4 Å². The molecule has 4 rings (SSSR count). The molecule has 0 bridgehead atoms. The number of rotatable bonds is 10. The van der Waals surface area contributed by atoms with Crippen LogP contribution in [0, 0.1) is 24.0 Å². The highest BCUT2D eigenvalue weighted by Crippen LogP contribution is 2.26. The van der Waals surface area contributed by atoms with E-state index in [1.807, 2.05) is 0 Å². The summed E-state index contributed by atoms with van der Waals surface area (Å²) >= 11 is 0. The summed E-state index contributed by atoms with van der Waals surface area (Å²) in [5, 5.41) is 13.6. The molecule has 15 heteroatoms. The Morgan fingerprint density at radius 3 is 2.00 bits per heavy atom. The molecule has 0 saturated carbocycles. The van der Waals surface area contributed by atoms with Gasteiger partial charge in [0.2, 0.25) is 11.9 Å². The smallest absolute Gasteiger partial charge is 0.269 e. The maximum Gasteiger partial charge on any atom is 0.269 e. The molecular formula is C26H24N6O7S2. The van der Waals surface area contributed by atoms with Crippen LogP contribution >= 0.6 is 0 Å². The van der Waals surface area contributed by atoms with Crippen LogP contribution in [0.5, 0.6) is 0 Å². The second-order valence-corrected chi connectivity index (χ2v) is 12.3. The molecule has 0 unspecified atom stereocenters. The number of aryl methyl sites for hydroxylation is 2. The minimum absolute atomic E-state index is 0.0377. The number of non-ortho nitro benzene ring substituents is 1. The van der Waals surface area contributed by atoms with Gasteiger partial charge in [-0.3, -0.25) is 19.2 Å². The molecule has 4 aromatic rings. The molecule has 0 saturated heterocycles. The summed E-state index contributed by atoms with van der Waals surface area (Å²) in [4.78, 5) is 31.3. The van der Waals surface area contributed by atoms with E-state index in [1.54, 1.807) is 26.0 Å². The summed E-state index contributed by atoms with van der Waals surface area (Å²) in [6.45, 7) is 2.75. The summed E-state index contributed by atoms with van der Waals surface area (Å²) in [6, 6.07) is 19.1. The number of amides is 1. The number of carbonyl (C=O) groups is 1. The van der Waals surface area contributed by atoms with Crippen LogP contribution in [-0.2, 0) is 24.8 Å². The van der Waals surface area contributed by atoms with Crippen molar-refractivity contribution in [3.63, 3.8) is 0 Å². The van der Waals surface area contributed by atoms with Crippen LogP contribution in [0.25, 0.3) is 0 Å². The Morgan fingerprint density at radius 2 is 1.44 bits per heavy atom. The highest BCUT2D eigenvalue weighted by atomic mass is 32.2. The van der Waals surface area contributed by atoms with E-state index >= 15 is 0 Å². The number of aromatic nitrogens is 2. The van der Waals surface area contributed by atoms with E-state index in [2.05, 4.69) is 20.0 Å². The van der Waals surface area contributed by atoms with Gasteiger partial charge in [0.15, 0.2) is 0 Å². The molecule has 1 heterocycles. The Kier molecular flexibility index (Phi) is 8.30. The fraction of sp³-hybridized carbons (Fsp3) is 0.115. The van der Waals surface area contributed by atoms with Crippen LogP contribution in [0.4, 0.5) is 23.0 Å². The van der Waals surface area contributed by atoms with Crippen LogP contribution in [0.1, 0.15) is 11.4 Å². The fourth-order valence-corrected chi connectivity index (χ4v) is 6.16. The Hall–Kier alpha value is -4.89. The standard InChI is InChI=1S/C26H24N6O7S2/c1-18-16-19(2)28-26(27-18)30-40(36,37)23-14-8-20(9-15-23)29-25(33)17-31(21-10-12-22(13-11-21)32(34)35)41(38,39)24-6-4-3-5-7-24/h3-16H,17H2,1-2H3,(H,29,33)(H,27,28,30). The topological polar surface area (TPSA) is 182 Å². The molecule has 0 atom stereocenters. The summed E-state index contributed by atoms with van der Waals surface area (Å²) in [7, 11) is -8.26. The summed E-state index contributed by atoms with van der Waals surface area (Å²) < 4.78 is 55.5. The van der Waals surface area contributed by atoms with Gasteiger partial charge in [-0.15, -0.1) is 0 Å². The van der Waals surface area contributed by atoms with Crippen molar-refractivity contribution in [2.45, 2.75) is 23.6 Å². The van der Waals surface area contributed by atoms with Crippen molar-refractivity contribution < 1.29 is 26.6 Å². The lowest BCUT2D eigenvalue weighted by molar-refractivity contribution is -0.384. The van der Waals surface area contributed by atoms with Gasteiger partial charge < -0.3 is 5.32 Å². The van der Waals surface area contributed by atoms with Gasteiger partial charge in [0.05, 0.1) is 20.4 Å². The molecule has 1 aromatic heterocycles. The first kappa shape index (κ1) is 29.1. The third-order valence-corrected chi connectivity index (χ3v) is 8.76. The number of sulfonamides is 2. The van der Waals surface area contributed by atoms with Crippen LogP contribution < -0.4 is 14.3 Å². The highest BCUT2D eigenvalue weighted by Gasteiger charge is 2.28. The molecule has 41 heavy (non-hydrogen) atoms. The number of carbonyl (C=O) groups excluding carboxylic acids is 1. The largest absolute Gasteiger partial charge is 0.325 e. The lowest BCUT2D eigenvalue weighted by Gasteiger charge is -2.24. The van der Waals surface area contributed by atoms with Crippen molar-refractivity contribution >= 4 is 49.0 Å². The van der Waals surface area contributed by atoms with E-state index in [1.165, 1.54) is 60.7 Å². The summed E-state index contributed by atoms with van der Waals surface area (Å²) in [5.74, 6) is -0.814. The Balaban J connectivity index is 1.54. The van der Waals surface area contributed by atoms with Gasteiger partial charge in [-0.2, -0.15) is 0 Å². The summed E-state index contributed by atoms with van der Waals surface area (Å²) in [5.41, 5.74) is 1.17. The number of hydrogen-bond donors (Lipinski definition) is 2. The molecule has 0 radical (unpaired) electrons. The molecular weight excluding hydrogens is 572 g/mol. The van der Waals surface area contributed by atoms with Gasteiger partial charge in [0, 0.05) is 29.2 Å². The number of benzene rings is 3. The summed E-state index contributed by atoms with van der Waals surface area (Å²) in [6.07, 6.45) is 0. The van der Waals surface area contributed by atoms with Crippen LogP contribution in [-0.4, -0.2) is 44.2 Å². The molecule has 0 fully saturated rings. The van der Waals surface area contributed by atoms with Crippen LogP contribution in [0.15, 0.2) is 94.7 Å². The van der Waals surface area contributed by atoms with Gasteiger partial charge in [-0.05, 0) is 68.4 Å². The van der Waals surface area contributed by atoms with Crippen molar-refractivity contribution in [3.05, 3.63) is 106 Å². The predicted octanol–water partition coefficient (Wildman–Crippen LogP) is 3.64. The molecule has 212 valence electrons. The Labute approximate surface area is 236 Å². The first-order valence-corrected chi connectivity index (χ1v) is 14.8. The van der Waals surface area contributed by atoms with Crippen LogP contribution in [0.3, 0.4) is 0 Å². The average molecular weight is 597 g/mol. The van der Waals surface area contributed by atoms with Gasteiger partial charge in [0.25, 0.3) is 25.7 Å². The average Bonchev–Trinajstić information content (AvgIpc) is 2.91. The van der Waals surface area contributed by atoms with Gasteiger partial charge in [0.1, 0.15) is 6.54 Å². The molecule has 1 amide bonds. The first-order valence-electron chi connectivity index (χ1n) is 11.9. The van der Waals surface area contributed by atoms with Gasteiger partial charge in [-0.1, -0.05) is 18.2 Å². The second-order valence-electron chi connectivity index (χ2n) is 8.75. The van der Waals surface area contributed by atoms with Crippen molar-refractivity contribution in [2.24, 2.45) is 0 Å². The predicted molar refractivity (Wildman–Crippen MR) is 151 cm³/mol. The first-order chi connectivity index (χ1) is 19.3. The van der Waals surface area contributed by atoms with Crippen molar-refractivity contribution in [2.75, 3.05) is 20.9 Å². The zero-order chi connectivity index (χ0) is 29.8.